The summed E-state index contributed by atoms with van der Waals surface area (Å²) in [6.07, 6.45) is 5.55. The number of hydrogen-bond acceptors (Lipinski definition) is 5. The summed E-state index contributed by atoms with van der Waals surface area (Å²) in [4.78, 5) is 18.3. The second-order valence-electron chi connectivity index (χ2n) is 8.80. The molecule has 6 nitrogen and oxygen atoms in total. The van der Waals surface area contributed by atoms with Gasteiger partial charge in [0.2, 0.25) is 5.90 Å². The van der Waals surface area contributed by atoms with Crippen LogP contribution in [0.25, 0.3) is 6.08 Å². The van der Waals surface area contributed by atoms with Crippen molar-refractivity contribution in [2.75, 3.05) is 26.4 Å². The maximum Gasteiger partial charge on any atom is 0.251 e. The topological polar surface area (TPSA) is 80.2 Å². The van der Waals surface area contributed by atoms with E-state index in [0.29, 0.717) is 49.1 Å². The van der Waals surface area contributed by atoms with Gasteiger partial charge < -0.3 is 19.9 Å². The SMILES string of the molecule is O=C(NCCc1ccccc1Cl)[C@@]1(C/C=C/c2ccccc2)COC(c2ccc(OCCCO)cc2)=N1. The van der Waals surface area contributed by atoms with Gasteiger partial charge in [-0.2, -0.15) is 0 Å². The summed E-state index contributed by atoms with van der Waals surface area (Å²) < 4.78 is 11.6. The fourth-order valence-electron chi connectivity index (χ4n) is 3.99. The highest BCUT2D eigenvalue weighted by Crippen LogP contribution is 2.28. The molecule has 1 heterocycles. The monoisotopic (exact) mass is 518 g/mol. The van der Waals surface area contributed by atoms with Gasteiger partial charge in [0.1, 0.15) is 12.4 Å². The molecule has 4 rings (SSSR count). The first-order chi connectivity index (χ1) is 18.1. The maximum absolute atomic E-state index is 13.5. The van der Waals surface area contributed by atoms with E-state index in [1.54, 1.807) is 0 Å². The molecule has 1 atom stereocenters. The van der Waals surface area contributed by atoms with Crippen molar-refractivity contribution in [1.29, 1.82) is 0 Å². The van der Waals surface area contributed by atoms with E-state index in [9.17, 15) is 4.79 Å². The van der Waals surface area contributed by atoms with Crippen LogP contribution < -0.4 is 10.1 Å². The molecule has 0 aromatic heterocycles. The molecule has 0 aliphatic carbocycles. The zero-order valence-corrected chi connectivity index (χ0v) is 21.4. The van der Waals surface area contributed by atoms with Crippen LogP contribution >= 0.6 is 11.6 Å². The van der Waals surface area contributed by atoms with E-state index >= 15 is 0 Å². The Morgan fingerprint density at radius 1 is 1.08 bits per heavy atom. The van der Waals surface area contributed by atoms with Crippen LogP contribution in [0.1, 0.15) is 29.5 Å². The third-order valence-electron chi connectivity index (χ3n) is 6.06. The van der Waals surface area contributed by atoms with Gasteiger partial charge in [-0.05, 0) is 47.9 Å². The van der Waals surface area contributed by atoms with E-state index in [1.807, 2.05) is 91.0 Å². The van der Waals surface area contributed by atoms with Gasteiger partial charge in [-0.3, -0.25) is 4.79 Å². The molecule has 192 valence electrons. The third kappa shape index (κ3) is 7.21. The number of halogens is 1. The lowest BCUT2D eigenvalue weighted by atomic mass is 9.95. The van der Waals surface area contributed by atoms with Crippen LogP contribution in [0, 0.1) is 0 Å². The van der Waals surface area contributed by atoms with E-state index in [2.05, 4.69) is 5.32 Å². The quantitative estimate of drug-likeness (QED) is 0.328. The molecule has 2 N–H and O–H groups in total. The van der Waals surface area contributed by atoms with E-state index in [1.165, 1.54) is 0 Å². The first-order valence-corrected chi connectivity index (χ1v) is 12.8. The Morgan fingerprint density at radius 2 is 1.84 bits per heavy atom. The van der Waals surface area contributed by atoms with Gasteiger partial charge in [0, 0.05) is 36.6 Å². The van der Waals surface area contributed by atoms with Crippen LogP contribution in [-0.4, -0.2) is 48.8 Å². The van der Waals surface area contributed by atoms with Crippen LogP contribution in [-0.2, 0) is 16.0 Å². The van der Waals surface area contributed by atoms with Crippen molar-refractivity contribution in [3.05, 3.63) is 107 Å². The summed E-state index contributed by atoms with van der Waals surface area (Å²) in [5.41, 5.74) is 1.73. The number of ether oxygens (including phenoxy) is 2. The van der Waals surface area contributed by atoms with Crippen molar-refractivity contribution in [3.63, 3.8) is 0 Å². The Kier molecular flexibility index (Phi) is 9.35. The van der Waals surface area contributed by atoms with Gasteiger partial charge in [-0.15, -0.1) is 0 Å². The number of carbonyl (C=O) groups excluding carboxylic acids is 1. The second kappa shape index (κ2) is 13.1. The number of benzene rings is 3. The van der Waals surface area contributed by atoms with E-state index < -0.39 is 5.54 Å². The predicted molar refractivity (Wildman–Crippen MR) is 147 cm³/mol. The van der Waals surface area contributed by atoms with E-state index in [-0.39, 0.29) is 19.1 Å². The van der Waals surface area contributed by atoms with Crippen LogP contribution in [0.2, 0.25) is 5.02 Å². The average Bonchev–Trinajstić information content (AvgIpc) is 3.36. The normalized spacial score (nSPS) is 16.9. The fourth-order valence-corrected chi connectivity index (χ4v) is 4.22. The summed E-state index contributed by atoms with van der Waals surface area (Å²) in [6.45, 7) is 1.12. The lowest BCUT2D eigenvalue weighted by molar-refractivity contribution is -0.126. The number of amides is 1. The molecule has 0 fully saturated rings. The van der Waals surface area contributed by atoms with Gasteiger partial charge in [-0.1, -0.05) is 72.3 Å². The van der Waals surface area contributed by atoms with Crippen molar-refractivity contribution >= 4 is 29.5 Å². The van der Waals surface area contributed by atoms with Crippen LogP contribution in [0.3, 0.4) is 0 Å². The lowest BCUT2D eigenvalue weighted by Gasteiger charge is -2.21. The van der Waals surface area contributed by atoms with Crippen molar-refractivity contribution in [2.24, 2.45) is 4.99 Å². The zero-order chi connectivity index (χ0) is 25.9. The molecular formula is C30H31ClN2O4. The minimum absolute atomic E-state index is 0.0873. The van der Waals surface area contributed by atoms with E-state index in [4.69, 9.17) is 31.2 Å². The predicted octanol–water partition coefficient (Wildman–Crippen LogP) is 5.08. The molecule has 0 unspecified atom stereocenters. The van der Waals surface area contributed by atoms with Crippen molar-refractivity contribution in [1.82, 2.24) is 5.32 Å². The summed E-state index contributed by atoms with van der Waals surface area (Å²) >= 11 is 6.27. The first kappa shape index (κ1) is 26.5. The molecule has 1 aliphatic rings. The van der Waals surface area contributed by atoms with Gasteiger partial charge in [0.05, 0.1) is 6.61 Å². The number of rotatable bonds is 12. The highest BCUT2D eigenvalue weighted by Gasteiger charge is 2.43. The van der Waals surface area contributed by atoms with E-state index in [0.717, 1.165) is 16.7 Å². The fraction of sp³-hybridized carbons (Fsp3) is 0.267. The number of aliphatic hydroxyl groups is 1. The van der Waals surface area contributed by atoms with Gasteiger partial charge in [0.15, 0.2) is 5.54 Å². The van der Waals surface area contributed by atoms with Gasteiger partial charge in [-0.25, -0.2) is 4.99 Å². The largest absolute Gasteiger partial charge is 0.494 e. The smallest absolute Gasteiger partial charge is 0.251 e. The third-order valence-corrected chi connectivity index (χ3v) is 6.43. The Balaban J connectivity index is 1.49. The van der Waals surface area contributed by atoms with Gasteiger partial charge >= 0.3 is 0 Å². The second-order valence-corrected chi connectivity index (χ2v) is 9.21. The highest BCUT2D eigenvalue weighted by molar-refractivity contribution is 6.31. The summed E-state index contributed by atoms with van der Waals surface area (Å²) in [5, 5.41) is 12.6. The summed E-state index contributed by atoms with van der Waals surface area (Å²) in [6, 6.07) is 24.9. The summed E-state index contributed by atoms with van der Waals surface area (Å²) in [7, 11) is 0. The Morgan fingerprint density at radius 3 is 2.59 bits per heavy atom. The van der Waals surface area contributed by atoms with Crippen molar-refractivity contribution < 1.29 is 19.4 Å². The number of carbonyl (C=O) groups is 1. The lowest BCUT2D eigenvalue weighted by Crippen LogP contribution is -2.47. The zero-order valence-electron chi connectivity index (χ0n) is 20.6. The van der Waals surface area contributed by atoms with Crippen molar-refractivity contribution in [3.8, 4) is 5.75 Å². The molecule has 0 bridgehead atoms. The molecule has 7 heteroatoms. The Bertz CT molecular complexity index is 1230. The first-order valence-electron chi connectivity index (χ1n) is 12.4. The molecule has 3 aromatic rings. The Hall–Kier alpha value is -3.61. The molecule has 1 aliphatic heterocycles. The maximum atomic E-state index is 13.5. The van der Waals surface area contributed by atoms with Crippen LogP contribution in [0.4, 0.5) is 0 Å². The molecular weight excluding hydrogens is 488 g/mol. The minimum atomic E-state index is -1.07. The Labute approximate surface area is 222 Å². The van der Waals surface area contributed by atoms with Gasteiger partial charge in [0.25, 0.3) is 5.91 Å². The number of aliphatic hydroxyl groups excluding tert-OH is 1. The van der Waals surface area contributed by atoms with Crippen LogP contribution in [0.5, 0.6) is 5.75 Å². The standard InChI is InChI=1S/C30H31ClN2O4/c31-27-12-5-4-11-24(27)17-19-32-29(35)30(18-6-10-23-8-2-1-3-9-23)22-37-28(33-30)25-13-15-26(16-14-25)36-21-7-20-34/h1-6,8-16,34H,7,17-22H2,(H,32,35)/b10-6+/t30-/m1/s1. The van der Waals surface area contributed by atoms with Crippen LogP contribution in [0.15, 0.2) is 89.9 Å². The average molecular weight is 519 g/mol. The minimum Gasteiger partial charge on any atom is -0.494 e. The number of nitrogens with one attached hydrogen (secondary N) is 1. The summed E-state index contributed by atoms with van der Waals surface area (Å²) in [5.74, 6) is 0.942. The molecule has 0 saturated carbocycles. The molecule has 1 amide bonds. The molecule has 37 heavy (non-hydrogen) atoms. The highest BCUT2D eigenvalue weighted by atomic mass is 35.5. The number of hydrogen-bond donors (Lipinski definition) is 2. The molecule has 0 spiro atoms. The molecule has 3 aromatic carbocycles. The number of nitrogens with zero attached hydrogens (tertiary/aromatic N) is 1. The molecule has 0 saturated heterocycles. The molecule has 0 radical (unpaired) electrons. The number of aliphatic imine (C=N–C) groups is 1. The van der Waals surface area contributed by atoms with Crippen molar-refractivity contribution in [2.45, 2.75) is 24.8 Å².